The molecule has 0 aliphatic carbocycles. The lowest BCUT2D eigenvalue weighted by Crippen LogP contribution is -2.32. The van der Waals surface area contributed by atoms with Gasteiger partial charge in [0.1, 0.15) is 21.8 Å². The average Bonchev–Trinajstić information content (AvgIpc) is 3.29. The van der Waals surface area contributed by atoms with Crippen molar-refractivity contribution >= 4 is 46.1 Å². The first-order chi connectivity index (χ1) is 13.4. The Morgan fingerprint density at radius 1 is 1.25 bits per heavy atom. The summed E-state index contributed by atoms with van der Waals surface area (Å²) >= 11 is 6.66. The van der Waals surface area contributed by atoms with Gasteiger partial charge < -0.3 is 4.90 Å². The van der Waals surface area contributed by atoms with Gasteiger partial charge in [-0.05, 0) is 44.7 Å². The summed E-state index contributed by atoms with van der Waals surface area (Å²) in [5.74, 6) is 0.707. The predicted molar refractivity (Wildman–Crippen MR) is 117 cm³/mol. The molecule has 1 aromatic rings. The lowest BCUT2D eigenvalue weighted by Gasteiger charge is -2.26. The van der Waals surface area contributed by atoms with E-state index in [1.807, 2.05) is 19.9 Å². The van der Waals surface area contributed by atoms with Crippen LogP contribution in [0, 0.1) is 18.3 Å². The normalized spacial score (nSPS) is 18.4. The van der Waals surface area contributed by atoms with Crippen molar-refractivity contribution in [2.24, 2.45) is 0 Å². The highest BCUT2D eigenvalue weighted by Gasteiger charge is 2.32. The van der Waals surface area contributed by atoms with Crippen LogP contribution in [0.25, 0.3) is 6.08 Å². The van der Waals surface area contributed by atoms with Gasteiger partial charge in [0.2, 0.25) is 0 Å². The third-order valence-electron chi connectivity index (χ3n) is 5.16. The molecule has 3 heterocycles. The Balaban J connectivity index is 2.22. The molecule has 1 amide bonds. The highest BCUT2D eigenvalue weighted by molar-refractivity contribution is 8.26. The van der Waals surface area contributed by atoms with Crippen molar-refractivity contribution in [1.29, 1.82) is 5.26 Å². The van der Waals surface area contributed by atoms with Gasteiger partial charge in [-0.1, -0.05) is 30.9 Å². The van der Waals surface area contributed by atoms with Crippen LogP contribution in [0.15, 0.2) is 9.70 Å². The van der Waals surface area contributed by atoms with Crippen molar-refractivity contribution in [1.82, 2.24) is 9.47 Å². The number of rotatable bonds is 5. The number of carbonyl (C=O) groups excluding carboxylic acids is 1. The van der Waals surface area contributed by atoms with Crippen molar-refractivity contribution in [2.45, 2.75) is 46.6 Å². The minimum atomic E-state index is -0.264. The smallest absolute Gasteiger partial charge is 0.270 e. The van der Waals surface area contributed by atoms with E-state index in [9.17, 15) is 14.9 Å². The van der Waals surface area contributed by atoms with E-state index in [1.165, 1.54) is 11.8 Å². The van der Waals surface area contributed by atoms with E-state index in [2.05, 4.69) is 11.0 Å². The summed E-state index contributed by atoms with van der Waals surface area (Å²) < 4.78 is 2.22. The number of nitrogens with zero attached hydrogens (tertiary/aromatic N) is 4. The molecular formula is C20H24N4O2S2. The van der Waals surface area contributed by atoms with Crippen LogP contribution in [-0.4, -0.2) is 39.3 Å². The largest absolute Gasteiger partial charge is 0.357 e. The molecule has 0 unspecified atom stereocenters. The van der Waals surface area contributed by atoms with Crippen LogP contribution in [0.1, 0.15) is 49.8 Å². The fourth-order valence-corrected chi connectivity index (χ4v) is 5.04. The third-order valence-corrected chi connectivity index (χ3v) is 6.54. The van der Waals surface area contributed by atoms with Gasteiger partial charge >= 0.3 is 0 Å². The minimum Gasteiger partial charge on any atom is -0.357 e. The highest BCUT2D eigenvalue weighted by atomic mass is 32.2. The second-order valence-corrected chi connectivity index (χ2v) is 8.60. The van der Waals surface area contributed by atoms with Gasteiger partial charge in [-0.3, -0.25) is 19.1 Å². The maximum absolute atomic E-state index is 12.9. The first-order valence-corrected chi connectivity index (χ1v) is 10.8. The second kappa shape index (κ2) is 8.50. The summed E-state index contributed by atoms with van der Waals surface area (Å²) in [6, 6.07) is 2.06. The van der Waals surface area contributed by atoms with Gasteiger partial charge in [-0.25, -0.2) is 0 Å². The predicted octanol–water partition coefficient (Wildman–Crippen LogP) is 3.26. The van der Waals surface area contributed by atoms with Crippen molar-refractivity contribution < 1.29 is 4.79 Å². The van der Waals surface area contributed by atoms with Crippen LogP contribution >= 0.6 is 24.0 Å². The Labute approximate surface area is 174 Å². The second-order valence-electron chi connectivity index (χ2n) is 6.93. The quantitative estimate of drug-likeness (QED) is 0.542. The minimum absolute atomic E-state index is 0.101. The Bertz CT molecular complexity index is 952. The standard InChI is InChI=1S/C20H24N4O2S2/c1-4-8-24-19(26)16(28-20(24)27)11-14-13(3)15(12-21)18(25)23(5-2)17(14)22-9-6-7-10-22/h11H,4-10H2,1-3H3/b16-11-. The molecule has 0 N–H and O–H groups in total. The van der Waals surface area contributed by atoms with Crippen molar-refractivity contribution in [3.63, 3.8) is 0 Å². The Morgan fingerprint density at radius 3 is 2.50 bits per heavy atom. The summed E-state index contributed by atoms with van der Waals surface area (Å²) in [4.78, 5) is 30.1. The van der Waals surface area contributed by atoms with Crippen LogP contribution in [0.5, 0.6) is 0 Å². The van der Waals surface area contributed by atoms with Crippen LogP contribution in [0.2, 0.25) is 0 Å². The van der Waals surface area contributed by atoms with E-state index in [4.69, 9.17) is 12.2 Å². The zero-order chi connectivity index (χ0) is 20.4. The molecule has 28 heavy (non-hydrogen) atoms. The molecule has 1 aromatic heterocycles. The first kappa shape index (κ1) is 20.6. The maximum atomic E-state index is 12.9. The van der Waals surface area contributed by atoms with E-state index in [0.717, 1.165) is 43.7 Å². The molecule has 2 saturated heterocycles. The third kappa shape index (κ3) is 3.49. The van der Waals surface area contributed by atoms with E-state index in [1.54, 1.807) is 16.4 Å². The molecule has 2 aliphatic rings. The number of pyridine rings is 1. The number of anilines is 1. The number of hydrogen-bond acceptors (Lipinski definition) is 6. The molecule has 6 nitrogen and oxygen atoms in total. The van der Waals surface area contributed by atoms with Gasteiger partial charge in [0.25, 0.3) is 11.5 Å². The Hall–Kier alpha value is -2.11. The molecule has 0 bridgehead atoms. The maximum Gasteiger partial charge on any atom is 0.270 e. The van der Waals surface area contributed by atoms with Crippen LogP contribution < -0.4 is 10.5 Å². The molecule has 0 radical (unpaired) electrons. The average molecular weight is 417 g/mol. The molecule has 0 aromatic carbocycles. The fourth-order valence-electron chi connectivity index (χ4n) is 3.75. The van der Waals surface area contributed by atoms with E-state index < -0.39 is 0 Å². The Morgan fingerprint density at radius 2 is 1.93 bits per heavy atom. The van der Waals surface area contributed by atoms with Crippen LogP contribution in [0.3, 0.4) is 0 Å². The van der Waals surface area contributed by atoms with Crippen molar-refractivity contribution in [3.8, 4) is 6.07 Å². The molecule has 0 atom stereocenters. The van der Waals surface area contributed by atoms with Gasteiger partial charge in [0.15, 0.2) is 0 Å². The number of nitriles is 1. The monoisotopic (exact) mass is 416 g/mol. The van der Waals surface area contributed by atoms with Crippen LogP contribution in [0.4, 0.5) is 5.82 Å². The summed E-state index contributed by atoms with van der Waals surface area (Å²) in [5, 5.41) is 9.57. The van der Waals surface area contributed by atoms with Gasteiger partial charge in [0.05, 0.1) is 4.91 Å². The number of hydrogen-bond donors (Lipinski definition) is 0. The topological polar surface area (TPSA) is 69.3 Å². The summed E-state index contributed by atoms with van der Waals surface area (Å²) in [7, 11) is 0. The highest BCUT2D eigenvalue weighted by Crippen LogP contribution is 2.36. The van der Waals surface area contributed by atoms with Gasteiger partial charge in [-0.2, -0.15) is 5.26 Å². The van der Waals surface area contributed by atoms with Crippen LogP contribution in [-0.2, 0) is 11.3 Å². The number of carbonyl (C=O) groups is 1. The zero-order valence-electron chi connectivity index (χ0n) is 16.4. The summed E-state index contributed by atoms with van der Waals surface area (Å²) in [5.41, 5.74) is 1.27. The van der Waals surface area contributed by atoms with Crippen molar-refractivity contribution in [2.75, 3.05) is 24.5 Å². The molecule has 0 saturated carbocycles. The molecule has 3 rings (SSSR count). The lowest BCUT2D eigenvalue weighted by atomic mass is 10.0. The number of thioether (sulfide) groups is 1. The molecule has 0 spiro atoms. The van der Waals surface area contributed by atoms with E-state index >= 15 is 0 Å². The number of aromatic nitrogens is 1. The van der Waals surface area contributed by atoms with Gasteiger partial charge in [0, 0.05) is 31.7 Å². The molecular weight excluding hydrogens is 392 g/mol. The summed E-state index contributed by atoms with van der Waals surface area (Å²) in [6.45, 7) is 8.49. The van der Waals surface area contributed by atoms with E-state index in [0.29, 0.717) is 27.9 Å². The number of thiocarbonyl (C=S) groups is 1. The molecule has 2 fully saturated rings. The molecule has 8 heteroatoms. The SMILES string of the molecule is CCCN1C(=O)/C(=C/c2c(C)c(C#N)c(=O)n(CC)c2N2CCCC2)SC1=S. The Kier molecular flexibility index (Phi) is 6.26. The molecule has 148 valence electrons. The molecule has 2 aliphatic heterocycles. The fraction of sp³-hybridized carbons (Fsp3) is 0.500. The lowest BCUT2D eigenvalue weighted by molar-refractivity contribution is -0.122. The van der Waals surface area contributed by atoms with Gasteiger partial charge in [-0.15, -0.1) is 0 Å². The first-order valence-electron chi connectivity index (χ1n) is 9.62. The summed E-state index contributed by atoms with van der Waals surface area (Å²) in [6.07, 6.45) is 4.78. The number of amides is 1. The van der Waals surface area contributed by atoms with E-state index in [-0.39, 0.29) is 17.0 Å². The zero-order valence-corrected chi connectivity index (χ0v) is 18.1. The van der Waals surface area contributed by atoms with Crippen molar-refractivity contribution in [3.05, 3.63) is 31.9 Å².